The number of aromatic hydroxyl groups is 2. The second-order valence-electron chi connectivity index (χ2n) is 7.80. The fourth-order valence-electron chi connectivity index (χ4n) is 3.89. The Morgan fingerprint density at radius 2 is 1.79 bits per heavy atom. The average molecular weight is 464 g/mol. The molecule has 178 valence electrons. The number of carbonyl (C=O) groups is 1. The number of methoxy groups -OCH3 is 1. The molecule has 0 radical (unpaired) electrons. The molecule has 0 spiro atoms. The molecule has 6 N–H and O–H groups in total. The number of rotatable bonds is 5. The highest BCUT2D eigenvalue weighted by molar-refractivity contribution is 6.02. The monoisotopic (exact) mass is 464 g/mol. The average Bonchev–Trinajstić information content (AvgIpc) is 2.78. The number of carbonyl (C=O) groups excluding carboxylic acids is 1. The molecule has 2 aromatic carbocycles. The Balaban J connectivity index is 1.63. The van der Waals surface area contributed by atoms with Gasteiger partial charge in [-0.25, -0.2) is 0 Å². The van der Waals surface area contributed by atoms with E-state index in [2.05, 4.69) is 0 Å². The zero-order chi connectivity index (χ0) is 23.9. The summed E-state index contributed by atoms with van der Waals surface area (Å²) in [6.45, 7) is -0.651. The number of Topliss-reactive ketones (excluding diaryl/α,β-unsaturated/α-hetero) is 1. The molecule has 11 nitrogen and oxygen atoms in total. The van der Waals surface area contributed by atoms with Crippen LogP contribution in [0.5, 0.6) is 28.7 Å². The van der Waals surface area contributed by atoms with Gasteiger partial charge < -0.3 is 49.6 Å². The summed E-state index contributed by atoms with van der Waals surface area (Å²) in [6.07, 6.45) is -8.58. The highest BCUT2D eigenvalue weighted by Gasteiger charge is 2.45. The number of hydrogen-bond donors (Lipinski definition) is 6. The Morgan fingerprint density at radius 3 is 2.45 bits per heavy atom. The highest BCUT2D eigenvalue weighted by Crippen LogP contribution is 2.44. The molecule has 0 saturated carbocycles. The van der Waals surface area contributed by atoms with Crippen LogP contribution in [0.15, 0.2) is 30.3 Å². The Hall–Kier alpha value is -3.09. The van der Waals surface area contributed by atoms with Gasteiger partial charge in [-0.1, -0.05) is 6.07 Å². The Morgan fingerprint density at radius 1 is 1.03 bits per heavy atom. The number of aliphatic hydroxyl groups excluding tert-OH is 4. The predicted molar refractivity (Wildman–Crippen MR) is 109 cm³/mol. The maximum atomic E-state index is 13.0. The van der Waals surface area contributed by atoms with Crippen LogP contribution in [0.4, 0.5) is 0 Å². The number of fused-ring (bicyclic) bond motifs is 1. The number of phenolic OH excluding ortho intramolecular Hbond substituents is 2. The SMILES string of the molecule is COc1ccc(C2CC(=O)c3c(cc(O)cc3OC3O[C@H](CO)C(O)[C@H](O)C3O)O2)cc1O. The van der Waals surface area contributed by atoms with Gasteiger partial charge in [-0.3, -0.25) is 4.79 Å². The summed E-state index contributed by atoms with van der Waals surface area (Å²) in [4.78, 5) is 13.0. The lowest BCUT2D eigenvalue weighted by molar-refractivity contribution is -0.277. The fraction of sp³-hybridized carbons (Fsp3) is 0.409. The lowest BCUT2D eigenvalue weighted by Crippen LogP contribution is -2.60. The summed E-state index contributed by atoms with van der Waals surface area (Å²) in [5.74, 6) is -0.745. The summed E-state index contributed by atoms with van der Waals surface area (Å²) in [7, 11) is 1.41. The second-order valence-corrected chi connectivity index (χ2v) is 7.80. The van der Waals surface area contributed by atoms with Gasteiger partial charge in [0.1, 0.15) is 53.3 Å². The molecule has 0 aromatic heterocycles. The van der Waals surface area contributed by atoms with Crippen molar-refractivity contribution in [1.82, 2.24) is 0 Å². The Bertz CT molecular complexity index is 1040. The first kappa shape index (κ1) is 23.1. The van der Waals surface area contributed by atoms with Gasteiger partial charge in [-0.2, -0.15) is 0 Å². The number of phenols is 2. The van der Waals surface area contributed by atoms with E-state index < -0.39 is 49.2 Å². The summed E-state index contributed by atoms with van der Waals surface area (Å²) in [5, 5.41) is 59.7. The topological polar surface area (TPSA) is 175 Å². The molecular formula is C22H24O11. The van der Waals surface area contributed by atoms with Crippen molar-refractivity contribution in [2.24, 2.45) is 0 Å². The van der Waals surface area contributed by atoms with Crippen LogP contribution < -0.4 is 14.2 Å². The maximum Gasteiger partial charge on any atom is 0.229 e. The third kappa shape index (κ3) is 4.28. The number of benzene rings is 2. The zero-order valence-corrected chi connectivity index (χ0v) is 17.5. The van der Waals surface area contributed by atoms with Crippen molar-refractivity contribution >= 4 is 5.78 Å². The lowest BCUT2D eigenvalue weighted by atomic mass is 9.95. The number of aliphatic hydroxyl groups is 4. The van der Waals surface area contributed by atoms with Crippen molar-refractivity contribution in [3.05, 3.63) is 41.5 Å². The van der Waals surface area contributed by atoms with Crippen LogP contribution in [0.1, 0.15) is 28.4 Å². The molecule has 2 aliphatic heterocycles. The standard InChI is InChI=1S/C22H24O11/c1-30-13-3-2-9(4-11(13)25)14-7-12(26)18-15(31-14)5-10(24)6-16(18)32-22-21(29)20(28)19(27)17(8-23)33-22/h2-6,14,17,19-25,27-29H,7-8H2,1H3/t14?,17-,19?,20+,21?,22?/m1/s1. The molecule has 0 bridgehead atoms. The van der Waals surface area contributed by atoms with E-state index in [1.54, 1.807) is 6.07 Å². The third-order valence-corrected chi connectivity index (χ3v) is 5.64. The maximum absolute atomic E-state index is 13.0. The predicted octanol–water partition coefficient (Wildman–Crippen LogP) is -0.00840. The van der Waals surface area contributed by atoms with E-state index in [0.29, 0.717) is 5.56 Å². The molecule has 0 aliphatic carbocycles. The number of ketones is 1. The molecule has 2 aliphatic rings. The quantitative estimate of drug-likeness (QED) is 0.351. The van der Waals surface area contributed by atoms with E-state index in [4.69, 9.17) is 18.9 Å². The first-order valence-corrected chi connectivity index (χ1v) is 10.1. The molecule has 6 atom stereocenters. The van der Waals surface area contributed by atoms with Crippen molar-refractivity contribution in [3.63, 3.8) is 0 Å². The minimum Gasteiger partial charge on any atom is -0.508 e. The Labute approximate surface area is 188 Å². The molecule has 2 aromatic rings. The van der Waals surface area contributed by atoms with Gasteiger partial charge in [-0.05, 0) is 17.7 Å². The minimum atomic E-state index is -1.70. The van der Waals surface area contributed by atoms with E-state index in [-0.39, 0.29) is 40.7 Å². The van der Waals surface area contributed by atoms with Crippen molar-refractivity contribution < 1.29 is 54.4 Å². The smallest absolute Gasteiger partial charge is 0.229 e. The van der Waals surface area contributed by atoms with Gasteiger partial charge >= 0.3 is 0 Å². The third-order valence-electron chi connectivity index (χ3n) is 5.64. The molecule has 1 fully saturated rings. The normalized spacial score (nSPS) is 29.2. The van der Waals surface area contributed by atoms with E-state index >= 15 is 0 Å². The van der Waals surface area contributed by atoms with Gasteiger partial charge in [0, 0.05) is 12.1 Å². The van der Waals surface area contributed by atoms with Crippen molar-refractivity contribution in [3.8, 4) is 28.7 Å². The first-order valence-electron chi connectivity index (χ1n) is 10.1. The molecule has 4 unspecified atom stereocenters. The van der Waals surface area contributed by atoms with E-state index in [0.717, 1.165) is 6.07 Å². The van der Waals surface area contributed by atoms with Crippen LogP contribution in [0.25, 0.3) is 0 Å². The molecule has 33 heavy (non-hydrogen) atoms. The Kier molecular flexibility index (Phi) is 6.32. The van der Waals surface area contributed by atoms with E-state index in [1.165, 1.54) is 25.3 Å². The van der Waals surface area contributed by atoms with Crippen LogP contribution >= 0.6 is 0 Å². The van der Waals surface area contributed by atoms with Crippen molar-refractivity contribution in [2.75, 3.05) is 13.7 Å². The number of hydrogen-bond acceptors (Lipinski definition) is 11. The van der Waals surface area contributed by atoms with Crippen molar-refractivity contribution in [1.29, 1.82) is 0 Å². The molecule has 2 heterocycles. The minimum absolute atomic E-state index is 0.00569. The van der Waals surface area contributed by atoms with Gasteiger partial charge in [0.2, 0.25) is 6.29 Å². The summed E-state index contributed by atoms with van der Waals surface area (Å²) in [5.41, 5.74) is 0.491. The van der Waals surface area contributed by atoms with E-state index in [9.17, 15) is 35.4 Å². The van der Waals surface area contributed by atoms with E-state index in [1.807, 2.05) is 0 Å². The number of ether oxygens (including phenoxy) is 4. The molecule has 4 rings (SSSR count). The van der Waals surface area contributed by atoms with Crippen molar-refractivity contribution in [2.45, 2.75) is 43.2 Å². The second kappa shape index (κ2) is 9.04. The highest BCUT2D eigenvalue weighted by atomic mass is 16.7. The van der Waals surface area contributed by atoms with Gasteiger partial charge in [-0.15, -0.1) is 0 Å². The molecular weight excluding hydrogens is 440 g/mol. The zero-order valence-electron chi connectivity index (χ0n) is 17.5. The largest absolute Gasteiger partial charge is 0.508 e. The van der Waals surface area contributed by atoms with Gasteiger partial charge in [0.05, 0.1) is 20.1 Å². The van der Waals surface area contributed by atoms with Gasteiger partial charge in [0.15, 0.2) is 17.3 Å². The lowest BCUT2D eigenvalue weighted by Gasteiger charge is -2.40. The molecule has 11 heteroatoms. The molecule has 0 amide bonds. The van der Waals surface area contributed by atoms with Crippen LogP contribution in [0.3, 0.4) is 0 Å². The van der Waals surface area contributed by atoms with Crippen LogP contribution in [-0.4, -0.2) is 80.8 Å². The van der Waals surface area contributed by atoms with Crippen LogP contribution in [0.2, 0.25) is 0 Å². The van der Waals surface area contributed by atoms with Crippen LogP contribution in [0, 0.1) is 0 Å². The summed E-state index contributed by atoms with van der Waals surface area (Å²) in [6, 6.07) is 6.93. The molecule has 1 saturated heterocycles. The summed E-state index contributed by atoms with van der Waals surface area (Å²) < 4.78 is 21.8. The first-order chi connectivity index (χ1) is 15.7. The summed E-state index contributed by atoms with van der Waals surface area (Å²) >= 11 is 0. The van der Waals surface area contributed by atoms with Gasteiger partial charge in [0.25, 0.3) is 0 Å². The van der Waals surface area contributed by atoms with Crippen LogP contribution in [-0.2, 0) is 4.74 Å². The fourth-order valence-corrected chi connectivity index (χ4v) is 3.89.